The van der Waals surface area contributed by atoms with E-state index in [1.54, 1.807) is 27.7 Å². The molecule has 0 bridgehead atoms. The molecule has 0 unspecified atom stereocenters. The van der Waals surface area contributed by atoms with E-state index in [0.29, 0.717) is 6.42 Å². The van der Waals surface area contributed by atoms with E-state index in [1.807, 2.05) is 0 Å². The van der Waals surface area contributed by atoms with Crippen LogP contribution < -0.4 is 11.1 Å². The highest BCUT2D eigenvalue weighted by Crippen LogP contribution is 2.19. The zero-order valence-electron chi connectivity index (χ0n) is 9.70. The molecule has 0 aliphatic rings. The lowest BCUT2D eigenvalue weighted by Crippen LogP contribution is -2.53. The van der Waals surface area contributed by atoms with Crippen LogP contribution in [0.15, 0.2) is 0 Å². The zero-order chi connectivity index (χ0) is 12.2. The molecule has 0 spiro atoms. The molecule has 5 nitrogen and oxygen atoms in total. The van der Waals surface area contributed by atoms with Crippen LogP contribution >= 0.6 is 0 Å². The number of carboxylic acids is 1. The highest BCUT2D eigenvalue weighted by Gasteiger charge is 2.33. The Morgan fingerprint density at radius 3 is 2.13 bits per heavy atom. The van der Waals surface area contributed by atoms with Crippen LogP contribution in [0.25, 0.3) is 0 Å². The minimum absolute atomic E-state index is 0.417. The van der Waals surface area contributed by atoms with E-state index >= 15 is 0 Å². The summed E-state index contributed by atoms with van der Waals surface area (Å²) in [6.45, 7) is 7.04. The van der Waals surface area contributed by atoms with Crippen LogP contribution in [0.4, 0.5) is 0 Å². The summed E-state index contributed by atoms with van der Waals surface area (Å²) in [7, 11) is 0. The van der Waals surface area contributed by atoms with E-state index in [0.717, 1.165) is 0 Å². The number of amides is 1. The van der Waals surface area contributed by atoms with Crippen molar-refractivity contribution in [2.75, 3.05) is 0 Å². The third kappa shape index (κ3) is 4.29. The third-order valence-electron chi connectivity index (χ3n) is 2.18. The summed E-state index contributed by atoms with van der Waals surface area (Å²) < 4.78 is 0. The van der Waals surface area contributed by atoms with Crippen molar-refractivity contribution in [3.63, 3.8) is 0 Å². The number of aliphatic carboxylic acids is 1. The molecule has 4 N–H and O–H groups in total. The first kappa shape index (κ1) is 13.9. The minimum Gasteiger partial charge on any atom is -0.480 e. The van der Waals surface area contributed by atoms with E-state index < -0.39 is 29.4 Å². The van der Waals surface area contributed by atoms with Gasteiger partial charge in [0.2, 0.25) is 5.91 Å². The van der Waals surface area contributed by atoms with Crippen molar-refractivity contribution in [3.8, 4) is 0 Å². The monoisotopic (exact) mass is 216 g/mol. The van der Waals surface area contributed by atoms with E-state index in [9.17, 15) is 9.59 Å². The Hall–Kier alpha value is -1.10. The highest BCUT2D eigenvalue weighted by molar-refractivity contribution is 5.87. The number of hydrogen-bond acceptors (Lipinski definition) is 3. The van der Waals surface area contributed by atoms with Gasteiger partial charge >= 0.3 is 5.97 Å². The number of nitrogens with one attached hydrogen (secondary N) is 1. The molecule has 0 aliphatic carbocycles. The van der Waals surface area contributed by atoms with Crippen molar-refractivity contribution >= 4 is 11.9 Å². The largest absolute Gasteiger partial charge is 0.480 e. The van der Waals surface area contributed by atoms with E-state index in [1.165, 1.54) is 0 Å². The van der Waals surface area contributed by atoms with Crippen molar-refractivity contribution in [1.82, 2.24) is 5.32 Å². The lowest BCUT2D eigenvalue weighted by Gasteiger charge is -2.28. The van der Waals surface area contributed by atoms with Gasteiger partial charge in [-0.05, 0) is 11.8 Å². The van der Waals surface area contributed by atoms with Gasteiger partial charge < -0.3 is 16.2 Å². The summed E-state index contributed by atoms with van der Waals surface area (Å²) >= 11 is 0. The summed E-state index contributed by atoms with van der Waals surface area (Å²) in [5.41, 5.74) is 4.97. The minimum atomic E-state index is -1.04. The molecule has 0 rings (SSSR count). The summed E-state index contributed by atoms with van der Waals surface area (Å²) in [5, 5.41) is 11.4. The average molecular weight is 216 g/mol. The van der Waals surface area contributed by atoms with Crippen LogP contribution in [0, 0.1) is 5.41 Å². The summed E-state index contributed by atoms with van der Waals surface area (Å²) in [6, 6.07) is -1.56. The Kier molecular flexibility index (Phi) is 4.74. The van der Waals surface area contributed by atoms with Gasteiger partial charge in [0.25, 0.3) is 0 Å². The lowest BCUT2D eigenvalue weighted by atomic mass is 9.86. The first-order valence-corrected chi connectivity index (χ1v) is 4.99. The van der Waals surface area contributed by atoms with Crippen molar-refractivity contribution in [2.24, 2.45) is 11.1 Å². The fourth-order valence-corrected chi connectivity index (χ4v) is 1.08. The fourth-order valence-electron chi connectivity index (χ4n) is 1.08. The Morgan fingerprint density at radius 2 is 1.87 bits per heavy atom. The smallest absolute Gasteiger partial charge is 0.326 e. The molecule has 0 aromatic heterocycles. The first-order valence-electron chi connectivity index (χ1n) is 4.99. The topological polar surface area (TPSA) is 92.4 Å². The van der Waals surface area contributed by atoms with Gasteiger partial charge in [0.15, 0.2) is 0 Å². The molecule has 0 aromatic carbocycles. The number of hydrogen-bond donors (Lipinski definition) is 3. The van der Waals surface area contributed by atoms with E-state index in [4.69, 9.17) is 10.8 Å². The molecule has 0 saturated carbocycles. The number of carbonyl (C=O) groups is 2. The average Bonchev–Trinajstić information content (AvgIpc) is 2.09. The van der Waals surface area contributed by atoms with Crippen molar-refractivity contribution in [1.29, 1.82) is 0 Å². The van der Waals surface area contributed by atoms with Gasteiger partial charge in [0.1, 0.15) is 6.04 Å². The second kappa shape index (κ2) is 5.11. The molecule has 1 amide bonds. The molecule has 88 valence electrons. The van der Waals surface area contributed by atoms with Gasteiger partial charge in [-0.25, -0.2) is 4.79 Å². The van der Waals surface area contributed by atoms with Gasteiger partial charge in [-0.15, -0.1) is 0 Å². The zero-order valence-corrected chi connectivity index (χ0v) is 9.70. The fraction of sp³-hybridized carbons (Fsp3) is 0.800. The third-order valence-corrected chi connectivity index (χ3v) is 2.18. The molecule has 2 atom stereocenters. The predicted octanol–water partition coefficient (Wildman–Crippen LogP) is 0.339. The number of carboxylic acid groups (broad SMARTS) is 1. The van der Waals surface area contributed by atoms with Crippen molar-refractivity contribution < 1.29 is 14.7 Å². The molecule has 0 heterocycles. The molecule has 5 heteroatoms. The van der Waals surface area contributed by atoms with Gasteiger partial charge in [-0.3, -0.25) is 4.79 Å². The second-order valence-corrected chi connectivity index (χ2v) is 4.66. The molecular weight excluding hydrogens is 196 g/mol. The first-order chi connectivity index (χ1) is 6.70. The quantitative estimate of drug-likeness (QED) is 0.631. The molecule has 0 radical (unpaired) electrons. The summed E-state index contributed by atoms with van der Waals surface area (Å²) in [4.78, 5) is 22.4. The standard InChI is InChI=1S/C10H20N2O3/c1-5-6(11)8(13)12-7(9(14)15)10(2,3)4/h6-7H,5,11H2,1-4H3,(H,12,13)(H,14,15)/t6-,7+/m0/s1. The van der Waals surface area contributed by atoms with Gasteiger partial charge in [-0.2, -0.15) is 0 Å². The number of rotatable bonds is 4. The maximum Gasteiger partial charge on any atom is 0.326 e. The molecule has 15 heavy (non-hydrogen) atoms. The van der Waals surface area contributed by atoms with Crippen molar-refractivity contribution in [2.45, 2.75) is 46.2 Å². The van der Waals surface area contributed by atoms with E-state index in [2.05, 4.69) is 5.32 Å². The molecule has 0 fully saturated rings. The maximum atomic E-state index is 11.4. The predicted molar refractivity (Wildman–Crippen MR) is 57.3 cm³/mol. The molecule has 0 aromatic rings. The number of carbonyl (C=O) groups excluding carboxylic acids is 1. The van der Waals surface area contributed by atoms with Crippen LogP contribution in [-0.2, 0) is 9.59 Å². The van der Waals surface area contributed by atoms with Crippen LogP contribution in [0.1, 0.15) is 34.1 Å². The summed E-state index contributed by atoms with van der Waals surface area (Å²) in [6.07, 6.45) is 0.488. The Balaban J connectivity index is 4.58. The van der Waals surface area contributed by atoms with Crippen LogP contribution in [-0.4, -0.2) is 29.1 Å². The molecular formula is C10H20N2O3. The van der Waals surface area contributed by atoms with Crippen LogP contribution in [0.5, 0.6) is 0 Å². The van der Waals surface area contributed by atoms with Crippen LogP contribution in [0.3, 0.4) is 0 Å². The second-order valence-electron chi connectivity index (χ2n) is 4.66. The molecule has 0 aliphatic heterocycles. The van der Waals surface area contributed by atoms with Gasteiger partial charge in [-0.1, -0.05) is 27.7 Å². The maximum absolute atomic E-state index is 11.4. The van der Waals surface area contributed by atoms with Crippen molar-refractivity contribution in [3.05, 3.63) is 0 Å². The molecule has 0 saturated heterocycles. The highest BCUT2D eigenvalue weighted by atomic mass is 16.4. The number of nitrogens with two attached hydrogens (primary N) is 1. The lowest BCUT2D eigenvalue weighted by molar-refractivity contribution is -0.145. The SMILES string of the molecule is CC[C@H](N)C(=O)N[C@H](C(=O)O)C(C)(C)C. The Bertz CT molecular complexity index is 246. The summed E-state index contributed by atoms with van der Waals surface area (Å²) in [5.74, 6) is -1.46. The van der Waals surface area contributed by atoms with E-state index in [-0.39, 0.29) is 0 Å². The Labute approximate surface area is 90.0 Å². The normalized spacial score (nSPS) is 15.5. The van der Waals surface area contributed by atoms with Gasteiger partial charge in [0.05, 0.1) is 6.04 Å². The van der Waals surface area contributed by atoms with Crippen LogP contribution in [0.2, 0.25) is 0 Å². The van der Waals surface area contributed by atoms with Gasteiger partial charge in [0, 0.05) is 0 Å². The Morgan fingerprint density at radius 1 is 1.40 bits per heavy atom.